The van der Waals surface area contributed by atoms with Crippen molar-refractivity contribution in [3.8, 4) is 0 Å². The number of hydrazine groups is 1. The van der Waals surface area contributed by atoms with Crippen LogP contribution < -0.4 is 11.3 Å². The van der Waals surface area contributed by atoms with Crippen molar-refractivity contribution in [2.45, 2.75) is 18.9 Å². The second-order valence-electron chi connectivity index (χ2n) is 2.17. The lowest BCUT2D eigenvalue weighted by atomic mass is 10.2. The summed E-state index contributed by atoms with van der Waals surface area (Å²) >= 11 is 1.84. The molecule has 1 unspecified atom stereocenters. The van der Waals surface area contributed by atoms with Gasteiger partial charge in [-0.05, 0) is 24.9 Å². The van der Waals surface area contributed by atoms with Crippen molar-refractivity contribution in [2.24, 2.45) is 5.84 Å². The minimum absolute atomic E-state index is 0.407. The third-order valence-corrected chi connectivity index (χ3v) is 2.00. The molecule has 0 radical (unpaired) electrons. The molecule has 0 aromatic heterocycles. The molecule has 2 nitrogen and oxygen atoms in total. The molecule has 0 aliphatic carbocycles. The maximum atomic E-state index is 5.29. The van der Waals surface area contributed by atoms with Crippen molar-refractivity contribution in [3.05, 3.63) is 12.7 Å². The molecule has 3 heteroatoms. The summed E-state index contributed by atoms with van der Waals surface area (Å²) in [5, 5.41) is 0. The fourth-order valence-corrected chi connectivity index (χ4v) is 1.25. The highest BCUT2D eigenvalue weighted by Crippen LogP contribution is 2.02. The molecule has 0 spiro atoms. The summed E-state index contributed by atoms with van der Waals surface area (Å²) in [5.41, 5.74) is 2.75. The van der Waals surface area contributed by atoms with Gasteiger partial charge in [-0.25, -0.2) is 0 Å². The summed E-state index contributed by atoms with van der Waals surface area (Å²) in [6.07, 6.45) is 6.06. The topological polar surface area (TPSA) is 38.0 Å². The van der Waals surface area contributed by atoms with E-state index in [2.05, 4.69) is 18.3 Å². The Balaban J connectivity index is 3.29. The predicted molar refractivity (Wildman–Crippen MR) is 48.9 cm³/mol. The predicted octanol–water partition coefficient (Wildman–Crippen LogP) is 1.15. The zero-order valence-corrected chi connectivity index (χ0v) is 7.29. The van der Waals surface area contributed by atoms with E-state index < -0.39 is 0 Å². The average Bonchev–Trinajstić information content (AvgIpc) is 1.98. The molecule has 0 fully saturated rings. The van der Waals surface area contributed by atoms with Gasteiger partial charge in [0, 0.05) is 6.04 Å². The Kier molecular flexibility index (Phi) is 7.13. The van der Waals surface area contributed by atoms with Gasteiger partial charge in [-0.2, -0.15) is 11.8 Å². The van der Waals surface area contributed by atoms with Crippen LogP contribution >= 0.6 is 11.8 Å². The molecule has 0 aliphatic heterocycles. The molecule has 0 saturated carbocycles. The van der Waals surface area contributed by atoms with Crippen LogP contribution in [0.25, 0.3) is 0 Å². The molecule has 10 heavy (non-hydrogen) atoms. The van der Waals surface area contributed by atoms with Crippen LogP contribution in [-0.4, -0.2) is 18.1 Å². The zero-order chi connectivity index (χ0) is 7.82. The van der Waals surface area contributed by atoms with Crippen LogP contribution in [0, 0.1) is 0 Å². The van der Waals surface area contributed by atoms with Crippen molar-refractivity contribution in [2.75, 3.05) is 12.0 Å². The van der Waals surface area contributed by atoms with E-state index in [1.807, 2.05) is 17.8 Å². The molecule has 0 amide bonds. The van der Waals surface area contributed by atoms with Gasteiger partial charge >= 0.3 is 0 Å². The van der Waals surface area contributed by atoms with Gasteiger partial charge in [0.1, 0.15) is 0 Å². The van der Waals surface area contributed by atoms with Crippen LogP contribution in [0.3, 0.4) is 0 Å². The van der Waals surface area contributed by atoms with Gasteiger partial charge in [-0.15, -0.1) is 6.58 Å². The van der Waals surface area contributed by atoms with E-state index in [1.165, 1.54) is 0 Å². The maximum Gasteiger partial charge on any atom is 0.0252 e. The standard InChI is InChI=1S/C7H16N2S/c1-3-4-7(9-8)5-6-10-2/h3,7,9H,1,4-6,8H2,2H3. The van der Waals surface area contributed by atoms with Crippen molar-refractivity contribution < 1.29 is 0 Å². The van der Waals surface area contributed by atoms with Gasteiger partial charge in [0.2, 0.25) is 0 Å². The fourth-order valence-electron chi connectivity index (χ4n) is 0.731. The van der Waals surface area contributed by atoms with Crippen molar-refractivity contribution in [1.82, 2.24) is 5.43 Å². The van der Waals surface area contributed by atoms with Crippen LogP contribution in [0.5, 0.6) is 0 Å². The molecule has 0 aromatic rings. The lowest BCUT2D eigenvalue weighted by Gasteiger charge is -2.11. The summed E-state index contributed by atoms with van der Waals surface area (Å²) in [5.74, 6) is 6.45. The lowest BCUT2D eigenvalue weighted by Crippen LogP contribution is -2.35. The van der Waals surface area contributed by atoms with E-state index in [0.29, 0.717) is 6.04 Å². The molecule has 0 bridgehead atoms. The van der Waals surface area contributed by atoms with E-state index in [-0.39, 0.29) is 0 Å². The number of hydrogen-bond acceptors (Lipinski definition) is 3. The Morgan fingerprint density at radius 1 is 1.80 bits per heavy atom. The highest BCUT2D eigenvalue weighted by molar-refractivity contribution is 7.98. The van der Waals surface area contributed by atoms with Gasteiger partial charge in [-0.1, -0.05) is 6.08 Å². The second kappa shape index (κ2) is 7.12. The molecule has 0 rings (SSSR count). The van der Waals surface area contributed by atoms with Gasteiger partial charge in [0.15, 0.2) is 0 Å². The first-order chi connectivity index (χ1) is 4.85. The summed E-state index contributed by atoms with van der Waals surface area (Å²) in [7, 11) is 0. The quantitative estimate of drug-likeness (QED) is 0.348. The van der Waals surface area contributed by atoms with Crippen molar-refractivity contribution in [3.63, 3.8) is 0 Å². The summed E-state index contributed by atoms with van der Waals surface area (Å²) in [6.45, 7) is 3.65. The number of thioether (sulfide) groups is 1. The first-order valence-corrected chi connectivity index (χ1v) is 4.80. The third-order valence-electron chi connectivity index (χ3n) is 1.36. The van der Waals surface area contributed by atoms with E-state index in [0.717, 1.165) is 18.6 Å². The van der Waals surface area contributed by atoms with Crippen LogP contribution in [0.1, 0.15) is 12.8 Å². The largest absolute Gasteiger partial charge is 0.271 e. The van der Waals surface area contributed by atoms with Gasteiger partial charge in [0.05, 0.1) is 0 Å². The minimum Gasteiger partial charge on any atom is -0.271 e. The van der Waals surface area contributed by atoms with E-state index in [9.17, 15) is 0 Å². The van der Waals surface area contributed by atoms with Crippen LogP contribution in [-0.2, 0) is 0 Å². The minimum atomic E-state index is 0.407. The summed E-state index contributed by atoms with van der Waals surface area (Å²) in [6, 6.07) is 0.407. The molecule has 60 valence electrons. The molecule has 0 heterocycles. The first-order valence-electron chi connectivity index (χ1n) is 3.41. The number of nitrogens with two attached hydrogens (primary N) is 1. The SMILES string of the molecule is C=CCC(CCSC)NN. The Morgan fingerprint density at radius 3 is 2.90 bits per heavy atom. The fraction of sp³-hybridized carbons (Fsp3) is 0.714. The monoisotopic (exact) mass is 160 g/mol. The summed E-state index contributed by atoms with van der Waals surface area (Å²) < 4.78 is 0. The Morgan fingerprint density at radius 2 is 2.50 bits per heavy atom. The van der Waals surface area contributed by atoms with E-state index in [1.54, 1.807) is 0 Å². The Hall–Kier alpha value is 0.01000. The second-order valence-corrected chi connectivity index (χ2v) is 3.16. The highest BCUT2D eigenvalue weighted by atomic mass is 32.2. The zero-order valence-electron chi connectivity index (χ0n) is 6.47. The molecule has 0 aliphatic rings. The third kappa shape index (κ3) is 4.85. The number of hydrogen-bond donors (Lipinski definition) is 2. The maximum absolute atomic E-state index is 5.29. The van der Waals surface area contributed by atoms with Gasteiger partial charge in [-0.3, -0.25) is 11.3 Å². The van der Waals surface area contributed by atoms with Crippen LogP contribution in [0.2, 0.25) is 0 Å². The van der Waals surface area contributed by atoms with Crippen LogP contribution in [0.15, 0.2) is 12.7 Å². The molecule has 1 atom stereocenters. The Labute approximate surface area is 67.2 Å². The molecular formula is C7H16N2S. The summed E-state index contributed by atoms with van der Waals surface area (Å²) in [4.78, 5) is 0. The molecule has 3 N–H and O–H groups in total. The molecular weight excluding hydrogens is 144 g/mol. The Bertz CT molecular complexity index is 85.7. The van der Waals surface area contributed by atoms with Gasteiger partial charge < -0.3 is 0 Å². The highest BCUT2D eigenvalue weighted by Gasteiger charge is 2.01. The van der Waals surface area contributed by atoms with E-state index in [4.69, 9.17) is 5.84 Å². The normalized spacial score (nSPS) is 13.0. The van der Waals surface area contributed by atoms with Crippen molar-refractivity contribution in [1.29, 1.82) is 0 Å². The number of rotatable bonds is 6. The van der Waals surface area contributed by atoms with E-state index >= 15 is 0 Å². The average molecular weight is 160 g/mol. The van der Waals surface area contributed by atoms with Crippen LogP contribution in [0.4, 0.5) is 0 Å². The smallest absolute Gasteiger partial charge is 0.0252 e. The molecule has 0 aromatic carbocycles. The first kappa shape index (κ1) is 10.0. The van der Waals surface area contributed by atoms with Gasteiger partial charge in [0.25, 0.3) is 0 Å². The lowest BCUT2D eigenvalue weighted by molar-refractivity contribution is 0.523. The molecule has 0 saturated heterocycles. The van der Waals surface area contributed by atoms with Crippen molar-refractivity contribution >= 4 is 11.8 Å². The number of nitrogens with one attached hydrogen (secondary N) is 1.